The Morgan fingerprint density at radius 3 is 3.31 bits per heavy atom. The first-order valence-electron chi connectivity index (χ1n) is 5.03. The van der Waals surface area contributed by atoms with Gasteiger partial charge in [-0.15, -0.1) is 0 Å². The highest BCUT2D eigenvalue weighted by Crippen LogP contribution is 2.28. The zero-order valence-corrected chi connectivity index (χ0v) is 8.81. The van der Waals surface area contributed by atoms with Crippen LogP contribution in [0.25, 0.3) is 0 Å². The Balaban J connectivity index is 2.00. The average Bonchev–Trinajstić information content (AvgIpc) is 2.71. The molecule has 2 atom stereocenters. The van der Waals surface area contributed by atoms with Crippen molar-refractivity contribution >= 4 is 11.5 Å². The van der Waals surface area contributed by atoms with Gasteiger partial charge in [-0.25, -0.2) is 0 Å². The smallest absolute Gasteiger partial charge is 0.0711 e. The van der Waals surface area contributed by atoms with Crippen LogP contribution in [0.3, 0.4) is 0 Å². The van der Waals surface area contributed by atoms with Gasteiger partial charge in [-0.1, -0.05) is 13.3 Å². The summed E-state index contributed by atoms with van der Waals surface area (Å²) in [5, 5.41) is 5.59. The molecule has 1 aromatic rings. The number of hydrogen-bond donors (Lipinski definition) is 1. The van der Waals surface area contributed by atoms with Gasteiger partial charge in [0.2, 0.25) is 0 Å². The highest BCUT2D eigenvalue weighted by molar-refractivity contribution is 7.03. The van der Waals surface area contributed by atoms with Crippen molar-refractivity contribution in [1.29, 1.82) is 0 Å². The molecule has 0 bridgehead atoms. The lowest BCUT2D eigenvalue weighted by Crippen LogP contribution is -2.31. The molecule has 1 aromatic heterocycles. The van der Waals surface area contributed by atoms with Crippen LogP contribution in [0.4, 0.5) is 0 Å². The zero-order valence-electron chi connectivity index (χ0n) is 7.99. The molecule has 0 aliphatic carbocycles. The van der Waals surface area contributed by atoms with E-state index in [-0.39, 0.29) is 0 Å². The number of piperidine rings is 1. The van der Waals surface area contributed by atoms with E-state index in [0.29, 0.717) is 6.04 Å². The molecule has 13 heavy (non-hydrogen) atoms. The molecule has 0 saturated carbocycles. The Labute approximate surface area is 83.5 Å². The number of aromatic nitrogens is 1. The molecule has 72 valence electrons. The molecule has 0 radical (unpaired) electrons. The lowest BCUT2D eigenvalue weighted by Gasteiger charge is -2.28. The van der Waals surface area contributed by atoms with Crippen molar-refractivity contribution in [3.8, 4) is 0 Å². The molecular weight excluding hydrogens is 180 g/mol. The van der Waals surface area contributed by atoms with Gasteiger partial charge in [0, 0.05) is 5.38 Å². The quantitative estimate of drug-likeness (QED) is 0.786. The summed E-state index contributed by atoms with van der Waals surface area (Å²) < 4.78 is 4.39. The van der Waals surface area contributed by atoms with E-state index >= 15 is 0 Å². The molecule has 2 rings (SSSR count). The van der Waals surface area contributed by atoms with Crippen LogP contribution in [0, 0.1) is 5.92 Å². The molecule has 0 spiro atoms. The first-order valence-corrected chi connectivity index (χ1v) is 5.87. The summed E-state index contributed by atoms with van der Waals surface area (Å²) in [7, 11) is 0. The van der Waals surface area contributed by atoms with Crippen molar-refractivity contribution in [2.75, 3.05) is 6.54 Å². The predicted octanol–water partition coefficient (Wildman–Crippen LogP) is 2.59. The summed E-state index contributed by atoms with van der Waals surface area (Å²) in [4.78, 5) is 0. The van der Waals surface area contributed by atoms with Crippen LogP contribution >= 0.6 is 11.5 Å². The van der Waals surface area contributed by atoms with Crippen molar-refractivity contribution in [1.82, 2.24) is 9.69 Å². The Morgan fingerprint density at radius 2 is 2.62 bits per heavy atom. The SMILES string of the molecule is CCC1CCNC(c2ccsn2)C1. The van der Waals surface area contributed by atoms with Gasteiger partial charge < -0.3 is 5.32 Å². The maximum atomic E-state index is 4.39. The number of rotatable bonds is 2. The molecular formula is C10H16N2S. The van der Waals surface area contributed by atoms with Crippen molar-refractivity contribution < 1.29 is 0 Å². The zero-order chi connectivity index (χ0) is 9.10. The van der Waals surface area contributed by atoms with Gasteiger partial charge >= 0.3 is 0 Å². The van der Waals surface area contributed by atoms with Crippen molar-refractivity contribution in [2.24, 2.45) is 5.92 Å². The Hall–Kier alpha value is -0.410. The van der Waals surface area contributed by atoms with Crippen LogP contribution in [0.1, 0.15) is 37.9 Å². The van der Waals surface area contributed by atoms with Crippen LogP contribution in [0.15, 0.2) is 11.4 Å². The fraction of sp³-hybridized carbons (Fsp3) is 0.700. The fourth-order valence-electron chi connectivity index (χ4n) is 1.99. The molecule has 0 aromatic carbocycles. The molecule has 2 nitrogen and oxygen atoms in total. The highest BCUT2D eigenvalue weighted by atomic mass is 32.1. The minimum Gasteiger partial charge on any atom is -0.309 e. The van der Waals surface area contributed by atoms with Crippen molar-refractivity contribution in [3.63, 3.8) is 0 Å². The van der Waals surface area contributed by atoms with E-state index in [1.54, 1.807) is 11.5 Å². The Morgan fingerprint density at radius 1 is 1.69 bits per heavy atom. The molecule has 2 unspecified atom stereocenters. The van der Waals surface area contributed by atoms with E-state index in [2.05, 4.69) is 28.1 Å². The summed E-state index contributed by atoms with van der Waals surface area (Å²) in [5.74, 6) is 0.896. The van der Waals surface area contributed by atoms with Crippen LogP contribution in [0.2, 0.25) is 0 Å². The molecule has 2 heterocycles. The monoisotopic (exact) mass is 196 g/mol. The maximum Gasteiger partial charge on any atom is 0.0711 e. The summed E-state index contributed by atoms with van der Waals surface area (Å²) >= 11 is 1.55. The first-order chi connectivity index (χ1) is 6.40. The maximum absolute atomic E-state index is 4.39. The summed E-state index contributed by atoms with van der Waals surface area (Å²) in [5.41, 5.74) is 1.24. The van der Waals surface area contributed by atoms with Gasteiger partial charge in [-0.2, -0.15) is 4.37 Å². The van der Waals surface area contributed by atoms with Crippen LogP contribution < -0.4 is 5.32 Å². The van der Waals surface area contributed by atoms with E-state index < -0.39 is 0 Å². The van der Waals surface area contributed by atoms with Gasteiger partial charge in [-0.05, 0) is 42.9 Å². The molecule has 1 fully saturated rings. The van der Waals surface area contributed by atoms with Gasteiger partial charge in [0.1, 0.15) is 0 Å². The number of nitrogens with one attached hydrogen (secondary N) is 1. The standard InChI is InChI=1S/C10H16N2S/c1-2-8-3-5-11-10(7-8)9-4-6-13-12-9/h4,6,8,10-11H,2-3,5,7H2,1H3. The summed E-state index contributed by atoms with van der Waals surface area (Å²) in [6, 6.07) is 2.66. The summed E-state index contributed by atoms with van der Waals surface area (Å²) in [6.45, 7) is 3.44. The molecule has 1 aliphatic heterocycles. The summed E-state index contributed by atoms with van der Waals surface area (Å²) in [6.07, 6.45) is 3.90. The van der Waals surface area contributed by atoms with E-state index in [9.17, 15) is 0 Å². The van der Waals surface area contributed by atoms with Crippen molar-refractivity contribution in [2.45, 2.75) is 32.2 Å². The molecule has 1 saturated heterocycles. The van der Waals surface area contributed by atoms with Gasteiger partial charge in [-0.3, -0.25) is 0 Å². The lowest BCUT2D eigenvalue weighted by atomic mass is 9.89. The second-order valence-corrected chi connectivity index (χ2v) is 4.40. The molecule has 0 amide bonds. The van der Waals surface area contributed by atoms with Gasteiger partial charge in [0.05, 0.1) is 11.7 Å². The van der Waals surface area contributed by atoms with Crippen LogP contribution in [-0.2, 0) is 0 Å². The minimum atomic E-state index is 0.518. The minimum absolute atomic E-state index is 0.518. The van der Waals surface area contributed by atoms with Gasteiger partial charge in [0.25, 0.3) is 0 Å². The van der Waals surface area contributed by atoms with Gasteiger partial charge in [0.15, 0.2) is 0 Å². The van der Waals surface area contributed by atoms with E-state index in [4.69, 9.17) is 0 Å². The first kappa shape index (κ1) is 9.16. The predicted molar refractivity (Wildman–Crippen MR) is 55.9 cm³/mol. The second kappa shape index (κ2) is 4.20. The van der Waals surface area contributed by atoms with Crippen LogP contribution in [-0.4, -0.2) is 10.9 Å². The third-order valence-corrected chi connectivity index (χ3v) is 3.48. The van der Waals surface area contributed by atoms with Crippen molar-refractivity contribution in [3.05, 3.63) is 17.1 Å². The topological polar surface area (TPSA) is 24.9 Å². The Bertz CT molecular complexity index is 245. The largest absolute Gasteiger partial charge is 0.309 e. The number of nitrogens with zero attached hydrogens (tertiary/aromatic N) is 1. The van der Waals surface area contributed by atoms with E-state index in [1.165, 1.54) is 25.0 Å². The number of hydrogen-bond acceptors (Lipinski definition) is 3. The molecule has 1 N–H and O–H groups in total. The molecule has 1 aliphatic rings. The van der Waals surface area contributed by atoms with E-state index in [0.717, 1.165) is 12.5 Å². The van der Waals surface area contributed by atoms with Crippen LogP contribution in [0.5, 0.6) is 0 Å². The molecule has 3 heteroatoms. The third-order valence-electron chi connectivity index (χ3n) is 2.90. The normalized spacial score (nSPS) is 29.0. The highest BCUT2D eigenvalue weighted by Gasteiger charge is 2.22. The average molecular weight is 196 g/mol. The third kappa shape index (κ3) is 2.09. The lowest BCUT2D eigenvalue weighted by molar-refractivity contribution is 0.296. The Kier molecular flexibility index (Phi) is 2.96. The second-order valence-electron chi connectivity index (χ2n) is 3.73. The van der Waals surface area contributed by atoms with E-state index in [1.807, 2.05) is 0 Å². The fourth-order valence-corrected chi connectivity index (χ4v) is 2.56.